The number of aryl methyl sites for hydroxylation is 1. The van der Waals surface area contributed by atoms with Crippen LogP contribution < -0.4 is 4.72 Å². The van der Waals surface area contributed by atoms with Gasteiger partial charge in [-0.05, 0) is 61.8 Å². The summed E-state index contributed by atoms with van der Waals surface area (Å²) in [5.74, 6) is 1.81. The van der Waals surface area contributed by atoms with Crippen LogP contribution in [-0.2, 0) is 32.7 Å². The van der Waals surface area contributed by atoms with E-state index in [9.17, 15) is 13.2 Å². The first kappa shape index (κ1) is 31.9. The number of rotatable bonds is 13. The molecule has 2 aromatic carbocycles. The predicted molar refractivity (Wildman–Crippen MR) is 172 cm³/mol. The lowest BCUT2D eigenvalue weighted by Gasteiger charge is -2.23. The summed E-state index contributed by atoms with van der Waals surface area (Å²) < 4.78 is 41.4. The number of ether oxygens (including phenoxy) is 1. The Morgan fingerprint density at radius 3 is 2.55 bits per heavy atom. The van der Waals surface area contributed by atoms with E-state index in [0.717, 1.165) is 73.0 Å². The van der Waals surface area contributed by atoms with Gasteiger partial charge in [0.05, 0.1) is 18.0 Å². The molecule has 236 valence electrons. The molecule has 2 aliphatic rings. The van der Waals surface area contributed by atoms with Crippen molar-refractivity contribution >= 4 is 27.6 Å². The second-order valence-corrected chi connectivity index (χ2v) is 13.8. The second-order valence-electron chi connectivity index (χ2n) is 12.1. The van der Waals surface area contributed by atoms with Gasteiger partial charge in [0.1, 0.15) is 17.1 Å². The van der Waals surface area contributed by atoms with Gasteiger partial charge in [-0.1, -0.05) is 81.6 Å². The highest BCUT2D eigenvalue weighted by Crippen LogP contribution is 2.40. The molecular weight excluding hydrogens is 576 g/mol. The minimum absolute atomic E-state index is 0.0260. The number of carbonyl (C=O) groups is 1. The van der Waals surface area contributed by atoms with E-state index in [4.69, 9.17) is 14.3 Å². The molecule has 1 aliphatic carbocycles. The molecule has 0 saturated heterocycles. The highest BCUT2D eigenvalue weighted by atomic mass is 32.2. The topological polar surface area (TPSA) is 114 Å². The van der Waals surface area contributed by atoms with E-state index in [1.54, 1.807) is 25.1 Å². The smallest absolute Gasteiger partial charge is 0.263 e. The molecule has 10 heteroatoms. The van der Waals surface area contributed by atoms with Crippen LogP contribution in [0.5, 0.6) is 0 Å². The van der Waals surface area contributed by atoms with Crippen molar-refractivity contribution in [2.24, 2.45) is 4.99 Å². The van der Waals surface area contributed by atoms with E-state index in [-0.39, 0.29) is 22.5 Å². The lowest BCUT2D eigenvalue weighted by Crippen LogP contribution is -2.40. The standard InChI is InChI=1S/C34H44N4O5S/c1-6-8-15-30-35-34(18-11-12-19-34)33(39)38(30)21-25-16-17-27(26(20-25)22-42-7-2)28-13-9-10-14-29(28)44(40,41)37-32-31(23(3)4)24(5)43-36-32/h9-10,13-14,16-17,20,23H,6-8,11-12,15,18-19,21-22H2,1-5H3,(H,36,37). The van der Waals surface area contributed by atoms with Crippen molar-refractivity contribution in [2.75, 3.05) is 11.3 Å². The maximum Gasteiger partial charge on any atom is 0.263 e. The van der Waals surface area contributed by atoms with E-state index >= 15 is 0 Å². The van der Waals surface area contributed by atoms with Gasteiger partial charge in [0.25, 0.3) is 15.9 Å². The Labute approximate surface area is 261 Å². The maximum absolute atomic E-state index is 13.8. The lowest BCUT2D eigenvalue weighted by molar-refractivity contribution is -0.131. The van der Waals surface area contributed by atoms with Crippen molar-refractivity contribution in [3.8, 4) is 11.1 Å². The molecule has 5 rings (SSSR count). The monoisotopic (exact) mass is 620 g/mol. The van der Waals surface area contributed by atoms with Crippen LogP contribution in [0.25, 0.3) is 11.1 Å². The Balaban J connectivity index is 1.49. The summed E-state index contributed by atoms with van der Waals surface area (Å²) in [5.41, 5.74) is 3.25. The molecule has 1 spiro atoms. The van der Waals surface area contributed by atoms with Crippen LogP contribution in [0.3, 0.4) is 0 Å². The highest BCUT2D eigenvalue weighted by molar-refractivity contribution is 7.92. The zero-order chi connectivity index (χ0) is 31.5. The van der Waals surface area contributed by atoms with Gasteiger partial charge in [-0.2, -0.15) is 0 Å². The van der Waals surface area contributed by atoms with Crippen LogP contribution in [0.4, 0.5) is 5.82 Å². The van der Waals surface area contributed by atoms with E-state index < -0.39 is 15.6 Å². The first-order valence-electron chi connectivity index (χ1n) is 15.8. The Kier molecular flexibility index (Phi) is 9.60. The van der Waals surface area contributed by atoms with Crippen LogP contribution in [0.15, 0.2) is 56.9 Å². The number of benzene rings is 2. The van der Waals surface area contributed by atoms with Crippen LogP contribution in [0.1, 0.15) is 101 Å². The van der Waals surface area contributed by atoms with Crippen molar-refractivity contribution < 1.29 is 22.5 Å². The van der Waals surface area contributed by atoms with Crippen molar-refractivity contribution in [3.05, 3.63) is 64.9 Å². The molecule has 0 atom stereocenters. The van der Waals surface area contributed by atoms with Crippen LogP contribution in [-0.4, -0.2) is 42.4 Å². The minimum Gasteiger partial charge on any atom is -0.377 e. The fourth-order valence-corrected chi connectivity index (χ4v) is 7.70. The van der Waals surface area contributed by atoms with E-state index in [0.29, 0.717) is 31.1 Å². The molecule has 3 aromatic rings. The number of aromatic nitrogens is 1. The molecule has 0 bridgehead atoms. The van der Waals surface area contributed by atoms with Gasteiger partial charge in [-0.3, -0.25) is 19.4 Å². The van der Waals surface area contributed by atoms with Gasteiger partial charge < -0.3 is 9.26 Å². The van der Waals surface area contributed by atoms with Crippen LogP contribution in [0, 0.1) is 6.92 Å². The summed E-state index contributed by atoms with van der Waals surface area (Å²) in [6.45, 7) is 11.0. The first-order chi connectivity index (χ1) is 21.1. The Bertz CT molecular complexity index is 1640. The molecule has 1 saturated carbocycles. The number of sulfonamides is 1. The molecule has 2 heterocycles. The summed E-state index contributed by atoms with van der Waals surface area (Å²) in [6.07, 6.45) is 6.51. The fraction of sp³-hybridized carbons (Fsp3) is 0.500. The Morgan fingerprint density at radius 1 is 1.09 bits per heavy atom. The van der Waals surface area contributed by atoms with Crippen molar-refractivity contribution in [1.82, 2.24) is 10.1 Å². The molecule has 1 aromatic heterocycles. The largest absolute Gasteiger partial charge is 0.377 e. The van der Waals surface area contributed by atoms with Gasteiger partial charge in [0, 0.05) is 24.2 Å². The quantitative estimate of drug-likeness (QED) is 0.214. The lowest BCUT2D eigenvalue weighted by atomic mass is 9.96. The average molecular weight is 621 g/mol. The summed E-state index contributed by atoms with van der Waals surface area (Å²) in [6, 6.07) is 12.9. The van der Waals surface area contributed by atoms with Crippen molar-refractivity contribution in [3.63, 3.8) is 0 Å². The van der Waals surface area contributed by atoms with Crippen molar-refractivity contribution in [2.45, 2.75) is 109 Å². The number of hydrogen-bond donors (Lipinski definition) is 1. The molecular formula is C34H44N4O5S. The summed E-state index contributed by atoms with van der Waals surface area (Å²) in [7, 11) is -4.02. The number of nitrogens with zero attached hydrogens (tertiary/aromatic N) is 3. The van der Waals surface area contributed by atoms with E-state index in [1.807, 2.05) is 49.9 Å². The molecule has 0 radical (unpaired) electrons. The third kappa shape index (κ3) is 6.33. The van der Waals surface area contributed by atoms with Gasteiger partial charge in [-0.15, -0.1) is 0 Å². The predicted octanol–water partition coefficient (Wildman–Crippen LogP) is 7.35. The van der Waals surface area contributed by atoms with Gasteiger partial charge in [0.2, 0.25) is 0 Å². The molecule has 1 fully saturated rings. The van der Waals surface area contributed by atoms with Gasteiger partial charge in [-0.25, -0.2) is 8.42 Å². The normalized spacial score (nSPS) is 16.4. The zero-order valence-corrected chi connectivity index (χ0v) is 27.3. The summed E-state index contributed by atoms with van der Waals surface area (Å²) in [5, 5.41) is 4.00. The molecule has 9 nitrogen and oxygen atoms in total. The van der Waals surface area contributed by atoms with Gasteiger partial charge >= 0.3 is 0 Å². The molecule has 1 aliphatic heterocycles. The van der Waals surface area contributed by atoms with Crippen molar-refractivity contribution in [1.29, 1.82) is 0 Å². The number of carbonyl (C=O) groups excluding carboxylic acids is 1. The Hall–Kier alpha value is -3.50. The Morgan fingerprint density at radius 2 is 1.84 bits per heavy atom. The molecule has 1 N–H and O–H groups in total. The number of aliphatic imine (C=N–C) groups is 1. The number of amidine groups is 1. The molecule has 0 unspecified atom stereocenters. The fourth-order valence-electron chi connectivity index (χ4n) is 6.46. The summed E-state index contributed by atoms with van der Waals surface area (Å²) >= 11 is 0. The number of amides is 1. The second kappa shape index (κ2) is 13.2. The highest BCUT2D eigenvalue weighted by Gasteiger charge is 2.49. The average Bonchev–Trinajstić information content (AvgIpc) is 3.69. The van der Waals surface area contributed by atoms with Crippen LogP contribution >= 0.6 is 0 Å². The van der Waals surface area contributed by atoms with E-state index in [2.05, 4.69) is 16.8 Å². The zero-order valence-electron chi connectivity index (χ0n) is 26.5. The SMILES string of the molecule is CCCCC1=NC2(CCCC2)C(=O)N1Cc1ccc(-c2ccccc2S(=O)(=O)Nc2noc(C)c2C(C)C)c(COCC)c1. The molecule has 44 heavy (non-hydrogen) atoms. The minimum atomic E-state index is -4.02. The third-order valence-electron chi connectivity index (χ3n) is 8.64. The number of anilines is 1. The number of nitrogens with one attached hydrogen (secondary N) is 1. The van der Waals surface area contributed by atoms with E-state index in [1.165, 1.54) is 0 Å². The molecule has 1 amide bonds. The first-order valence-corrected chi connectivity index (χ1v) is 17.3. The maximum atomic E-state index is 13.8. The van der Waals surface area contributed by atoms with Gasteiger partial charge in [0.15, 0.2) is 5.82 Å². The summed E-state index contributed by atoms with van der Waals surface area (Å²) in [4.78, 5) is 20.8. The number of unbranched alkanes of at least 4 members (excludes halogenated alkanes) is 1. The third-order valence-corrected chi connectivity index (χ3v) is 10.0. The van der Waals surface area contributed by atoms with Crippen LogP contribution in [0.2, 0.25) is 0 Å². The number of hydrogen-bond acceptors (Lipinski definition) is 7.